The number of fused-ring (bicyclic) bond motifs is 10. The van der Waals surface area contributed by atoms with Gasteiger partial charge in [0.15, 0.2) is 5.58 Å². The first kappa shape index (κ1) is 31.3. The van der Waals surface area contributed by atoms with Gasteiger partial charge in [-0.1, -0.05) is 153 Å². The van der Waals surface area contributed by atoms with E-state index in [2.05, 4.69) is 187 Å². The first-order valence-corrected chi connectivity index (χ1v) is 19.5. The van der Waals surface area contributed by atoms with Gasteiger partial charge < -0.3 is 4.42 Å². The summed E-state index contributed by atoms with van der Waals surface area (Å²) in [6.45, 7) is 2.27. The van der Waals surface area contributed by atoms with E-state index < -0.39 is 5.41 Å². The summed E-state index contributed by atoms with van der Waals surface area (Å²) in [5.41, 5.74) is 13.7. The van der Waals surface area contributed by atoms with E-state index in [9.17, 15) is 0 Å². The van der Waals surface area contributed by atoms with Crippen molar-refractivity contribution in [2.24, 2.45) is 0 Å². The van der Waals surface area contributed by atoms with Gasteiger partial charge in [0.25, 0.3) is 0 Å². The monoisotopic (exact) mass is 717 g/mol. The van der Waals surface area contributed by atoms with Gasteiger partial charge in [0.1, 0.15) is 17.0 Å². The number of para-hydroxylation sites is 1. The molecule has 3 heterocycles. The summed E-state index contributed by atoms with van der Waals surface area (Å²) in [5, 5.41) is 4.76. The first-order chi connectivity index (χ1) is 27.7. The van der Waals surface area contributed by atoms with Crippen LogP contribution in [-0.4, -0.2) is 14.5 Å². The Labute approximate surface area is 324 Å². The number of furan rings is 1. The fraction of sp³-hybridized carbons (Fsp3) is 0.0769. The van der Waals surface area contributed by atoms with E-state index in [0.717, 1.165) is 51.1 Å². The predicted octanol–water partition coefficient (Wildman–Crippen LogP) is 13.0. The zero-order valence-corrected chi connectivity index (χ0v) is 30.8. The lowest BCUT2D eigenvalue weighted by Gasteiger charge is -2.33. The SMILES string of the molecule is C[C@@H]1CC=Cc2oc3c(-c4ccc5c(c4)-c4ccccc4C5(c4ccccc4)c4ccccc4)nc(-n4c5ccccc5c5cc6ccccc6cc54)nc3c21. The van der Waals surface area contributed by atoms with Crippen molar-refractivity contribution in [3.05, 3.63) is 203 Å². The van der Waals surface area contributed by atoms with Gasteiger partial charge in [-0.25, -0.2) is 9.97 Å². The van der Waals surface area contributed by atoms with Crippen molar-refractivity contribution >= 4 is 49.8 Å². The van der Waals surface area contributed by atoms with Crippen LogP contribution in [0.15, 0.2) is 174 Å². The van der Waals surface area contributed by atoms with Crippen molar-refractivity contribution in [3.8, 4) is 28.3 Å². The number of hydrogen-bond donors (Lipinski definition) is 0. The molecule has 0 radical (unpaired) electrons. The van der Waals surface area contributed by atoms with E-state index in [4.69, 9.17) is 14.4 Å². The molecule has 0 spiro atoms. The van der Waals surface area contributed by atoms with Crippen LogP contribution in [0, 0.1) is 0 Å². The molecular weight excluding hydrogens is 683 g/mol. The van der Waals surface area contributed by atoms with Crippen molar-refractivity contribution in [2.45, 2.75) is 24.7 Å². The maximum atomic E-state index is 6.80. The van der Waals surface area contributed by atoms with Gasteiger partial charge in [0, 0.05) is 21.9 Å². The molecule has 0 unspecified atom stereocenters. The summed E-state index contributed by atoms with van der Waals surface area (Å²) in [5.74, 6) is 1.78. The van der Waals surface area contributed by atoms with Gasteiger partial charge in [0.2, 0.25) is 5.95 Å². The molecule has 56 heavy (non-hydrogen) atoms. The zero-order chi connectivity index (χ0) is 37.0. The van der Waals surface area contributed by atoms with Crippen LogP contribution in [0.1, 0.15) is 52.8 Å². The molecule has 7 aromatic carbocycles. The predicted molar refractivity (Wildman–Crippen MR) is 228 cm³/mol. The fourth-order valence-electron chi connectivity index (χ4n) is 9.86. The van der Waals surface area contributed by atoms with Crippen LogP contribution >= 0.6 is 0 Å². The van der Waals surface area contributed by atoms with E-state index in [1.165, 1.54) is 54.9 Å². The second-order valence-electron chi connectivity index (χ2n) is 15.3. The molecule has 2 aliphatic rings. The second kappa shape index (κ2) is 11.7. The minimum absolute atomic E-state index is 0.262. The number of benzene rings is 7. The highest BCUT2D eigenvalue weighted by atomic mass is 16.3. The highest BCUT2D eigenvalue weighted by molar-refractivity contribution is 6.13. The summed E-state index contributed by atoms with van der Waals surface area (Å²) >= 11 is 0. The maximum Gasteiger partial charge on any atom is 0.236 e. The Morgan fingerprint density at radius 3 is 2.09 bits per heavy atom. The van der Waals surface area contributed by atoms with Crippen LogP contribution in [0.5, 0.6) is 0 Å². The van der Waals surface area contributed by atoms with E-state index in [0.29, 0.717) is 5.95 Å². The Bertz CT molecular complexity index is 3200. The molecule has 4 nitrogen and oxygen atoms in total. The lowest BCUT2D eigenvalue weighted by molar-refractivity contribution is 0.586. The number of nitrogens with zero attached hydrogens (tertiary/aromatic N) is 3. The molecule has 4 heteroatoms. The molecule has 0 fully saturated rings. The second-order valence-corrected chi connectivity index (χ2v) is 15.3. The molecule has 3 aromatic heterocycles. The third-order valence-corrected chi connectivity index (χ3v) is 12.3. The van der Waals surface area contributed by atoms with Crippen molar-refractivity contribution in [3.63, 3.8) is 0 Å². The van der Waals surface area contributed by atoms with E-state index in [1.807, 2.05) is 0 Å². The molecule has 0 amide bonds. The Kier molecular flexibility index (Phi) is 6.56. The molecule has 264 valence electrons. The average Bonchev–Trinajstić information content (AvgIpc) is 3.90. The quantitative estimate of drug-likeness (QED) is 0.182. The topological polar surface area (TPSA) is 43.9 Å². The number of rotatable bonds is 4. The Balaban J connectivity index is 1.16. The number of hydrogen-bond acceptors (Lipinski definition) is 3. The van der Waals surface area contributed by atoms with Crippen molar-refractivity contribution in [2.75, 3.05) is 0 Å². The highest BCUT2D eigenvalue weighted by Gasteiger charge is 2.46. The van der Waals surface area contributed by atoms with Gasteiger partial charge >= 0.3 is 0 Å². The van der Waals surface area contributed by atoms with Crippen molar-refractivity contribution in [1.82, 2.24) is 14.5 Å². The lowest BCUT2D eigenvalue weighted by atomic mass is 9.67. The van der Waals surface area contributed by atoms with Crippen LogP contribution in [0.25, 0.3) is 78.1 Å². The molecule has 10 aromatic rings. The minimum atomic E-state index is -0.477. The van der Waals surface area contributed by atoms with Crippen LogP contribution < -0.4 is 0 Å². The van der Waals surface area contributed by atoms with Crippen LogP contribution in [-0.2, 0) is 5.41 Å². The lowest BCUT2D eigenvalue weighted by Crippen LogP contribution is -2.28. The molecule has 12 rings (SSSR count). The smallest absolute Gasteiger partial charge is 0.236 e. The number of allylic oxidation sites excluding steroid dienone is 1. The fourth-order valence-corrected chi connectivity index (χ4v) is 9.86. The molecule has 0 N–H and O–H groups in total. The Morgan fingerprint density at radius 1 is 0.607 bits per heavy atom. The average molecular weight is 718 g/mol. The maximum absolute atomic E-state index is 6.80. The molecular formula is C52H35N3O. The van der Waals surface area contributed by atoms with Gasteiger partial charge in [-0.15, -0.1) is 0 Å². The summed E-state index contributed by atoms with van der Waals surface area (Å²) in [6, 6.07) is 59.5. The first-order valence-electron chi connectivity index (χ1n) is 19.5. The summed E-state index contributed by atoms with van der Waals surface area (Å²) in [7, 11) is 0. The standard InChI is InChI=1S/C52H35N3O/c1-32-15-14-26-46-47(32)49-50(56-46)48(53-51(54-49)55-44-25-13-11-23-39(44)41-29-33-16-8-9-17-34(33)31-45(41)55)35-27-28-43-40(30-35)38-22-10-12-24-42(38)52(43,36-18-4-2-5-19-36)37-20-6-3-7-21-37/h2-14,16-32H,15H2,1H3/t32-/m1/s1. The largest absolute Gasteiger partial charge is 0.452 e. The highest BCUT2D eigenvalue weighted by Crippen LogP contribution is 2.57. The molecule has 0 saturated carbocycles. The molecule has 2 aliphatic carbocycles. The van der Waals surface area contributed by atoms with Crippen LogP contribution in [0.3, 0.4) is 0 Å². The third kappa shape index (κ3) is 4.24. The summed E-state index contributed by atoms with van der Waals surface area (Å²) in [6.07, 6.45) is 5.26. The van der Waals surface area contributed by atoms with Gasteiger partial charge in [0.05, 0.1) is 16.4 Å². The summed E-state index contributed by atoms with van der Waals surface area (Å²) < 4.78 is 9.05. The molecule has 0 bridgehead atoms. The van der Waals surface area contributed by atoms with Gasteiger partial charge in [-0.2, -0.15) is 0 Å². The van der Waals surface area contributed by atoms with E-state index in [1.54, 1.807) is 0 Å². The van der Waals surface area contributed by atoms with Crippen LogP contribution in [0.4, 0.5) is 0 Å². The zero-order valence-electron chi connectivity index (χ0n) is 30.8. The van der Waals surface area contributed by atoms with E-state index >= 15 is 0 Å². The molecule has 0 saturated heterocycles. The van der Waals surface area contributed by atoms with Gasteiger partial charge in [-0.05, 0) is 86.8 Å². The Hall–Kier alpha value is -7.04. The van der Waals surface area contributed by atoms with Crippen molar-refractivity contribution in [1.29, 1.82) is 0 Å². The van der Waals surface area contributed by atoms with Gasteiger partial charge in [-0.3, -0.25) is 4.57 Å². The molecule has 1 atom stereocenters. The summed E-state index contributed by atoms with van der Waals surface area (Å²) in [4.78, 5) is 11.0. The van der Waals surface area contributed by atoms with Crippen molar-refractivity contribution < 1.29 is 4.42 Å². The number of aromatic nitrogens is 3. The minimum Gasteiger partial charge on any atom is -0.452 e. The third-order valence-electron chi connectivity index (χ3n) is 12.3. The Morgan fingerprint density at radius 2 is 1.29 bits per heavy atom. The normalized spacial score (nSPS) is 15.4. The van der Waals surface area contributed by atoms with E-state index in [-0.39, 0.29) is 5.92 Å². The van der Waals surface area contributed by atoms with Crippen LogP contribution in [0.2, 0.25) is 0 Å². The molecule has 0 aliphatic heterocycles.